The van der Waals surface area contributed by atoms with Gasteiger partial charge in [-0.2, -0.15) is 0 Å². The van der Waals surface area contributed by atoms with Crippen molar-refractivity contribution >= 4 is 11.6 Å². The molecule has 0 unspecified atom stereocenters. The van der Waals surface area contributed by atoms with E-state index >= 15 is 0 Å². The van der Waals surface area contributed by atoms with Gasteiger partial charge in [-0.15, -0.1) is 11.6 Å². The van der Waals surface area contributed by atoms with Crippen molar-refractivity contribution in [2.24, 2.45) is 5.92 Å². The molecule has 1 saturated carbocycles. The molecule has 6 atom stereocenters. The zero-order valence-corrected chi connectivity index (χ0v) is 14.1. The number of ether oxygens (including phenoxy) is 2. The molecule has 4 nitrogen and oxygen atoms in total. The molecule has 0 aromatic heterocycles. The molecule has 1 aliphatic carbocycles. The van der Waals surface area contributed by atoms with Gasteiger partial charge >= 0.3 is 0 Å². The third-order valence-corrected chi connectivity index (χ3v) is 5.46. The number of halogens is 1. The fourth-order valence-corrected chi connectivity index (χ4v) is 4.02. The molecule has 2 aliphatic rings. The lowest BCUT2D eigenvalue weighted by Gasteiger charge is -2.47. The molecule has 21 heavy (non-hydrogen) atoms. The highest BCUT2D eigenvalue weighted by atomic mass is 35.5. The van der Waals surface area contributed by atoms with Crippen molar-refractivity contribution in [1.29, 1.82) is 0 Å². The summed E-state index contributed by atoms with van der Waals surface area (Å²) < 4.78 is 11.4. The van der Waals surface area contributed by atoms with E-state index in [1.807, 2.05) is 6.92 Å². The third kappa shape index (κ3) is 3.15. The van der Waals surface area contributed by atoms with Crippen LogP contribution >= 0.6 is 11.6 Å². The molecule has 2 rings (SSSR count). The summed E-state index contributed by atoms with van der Waals surface area (Å²) in [7, 11) is 1.57. The van der Waals surface area contributed by atoms with Crippen LogP contribution in [0.3, 0.4) is 0 Å². The second-order valence-corrected chi connectivity index (χ2v) is 7.10. The highest BCUT2D eigenvalue weighted by molar-refractivity contribution is 6.18. The number of hydrogen-bond donors (Lipinski definition) is 2. The molecule has 1 heterocycles. The standard InChI is InChI=1S/C16H27ClO4/c1-10(2)5-6-12-15(3,21-12)14-13(20-4)11(18)7-8-16(14,19)9-17/h5,11-14,18-19H,6-9H2,1-4H3/t11-,12+,13-,14+,15+,16+/m1/s1. The van der Waals surface area contributed by atoms with Crippen LogP contribution in [0.5, 0.6) is 0 Å². The van der Waals surface area contributed by atoms with Crippen molar-refractivity contribution in [3.8, 4) is 0 Å². The molecule has 0 aromatic carbocycles. The average molecular weight is 319 g/mol. The van der Waals surface area contributed by atoms with Gasteiger partial charge in [0, 0.05) is 13.0 Å². The van der Waals surface area contributed by atoms with Gasteiger partial charge in [-0.25, -0.2) is 0 Å². The van der Waals surface area contributed by atoms with Gasteiger partial charge in [-0.05, 0) is 40.0 Å². The van der Waals surface area contributed by atoms with Crippen molar-refractivity contribution in [2.75, 3.05) is 13.0 Å². The molecule has 0 bridgehead atoms. The zero-order valence-electron chi connectivity index (χ0n) is 13.3. The first kappa shape index (κ1) is 17.2. The molecule has 2 N–H and O–H groups in total. The Labute approximate surface area is 132 Å². The fraction of sp³-hybridized carbons (Fsp3) is 0.875. The fourth-order valence-electron chi connectivity index (χ4n) is 3.72. The summed E-state index contributed by atoms with van der Waals surface area (Å²) in [5.74, 6) is -0.203. The van der Waals surface area contributed by atoms with Crippen LogP contribution in [0, 0.1) is 5.92 Å². The van der Waals surface area contributed by atoms with Crippen LogP contribution in [0.2, 0.25) is 0 Å². The SMILES string of the molecule is CO[C@@H]1[C@H](O)CC[C@](O)(CCl)[C@@H]1[C@@]1(C)O[C@H]1CC=C(C)C. The molecule has 0 aromatic rings. The Hall–Kier alpha value is -0.130. The molecule has 2 fully saturated rings. The minimum atomic E-state index is -1.06. The molecule has 122 valence electrons. The first-order valence-electron chi connectivity index (χ1n) is 7.59. The van der Waals surface area contributed by atoms with Gasteiger partial charge in [0.25, 0.3) is 0 Å². The van der Waals surface area contributed by atoms with Crippen molar-refractivity contribution in [3.63, 3.8) is 0 Å². The summed E-state index contributed by atoms with van der Waals surface area (Å²) in [6, 6.07) is 0. The quantitative estimate of drug-likeness (QED) is 0.464. The van der Waals surface area contributed by atoms with Gasteiger partial charge in [0.15, 0.2) is 0 Å². The monoisotopic (exact) mass is 318 g/mol. The van der Waals surface area contributed by atoms with E-state index in [0.29, 0.717) is 12.8 Å². The number of aliphatic hydroxyl groups is 2. The van der Waals surface area contributed by atoms with Gasteiger partial charge in [-0.1, -0.05) is 11.6 Å². The summed E-state index contributed by atoms with van der Waals surface area (Å²) in [5.41, 5.74) is -0.319. The Bertz CT molecular complexity index is 409. The van der Waals surface area contributed by atoms with Crippen molar-refractivity contribution in [3.05, 3.63) is 11.6 Å². The van der Waals surface area contributed by atoms with Gasteiger partial charge in [0.1, 0.15) is 5.60 Å². The maximum atomic E-state index is 10.9. The van der Waals surface area contributed by atoms with Crippen molar-refractivity contribution < 1.29 is 19.7 Å². The second kappa shape index (κ2) is 6.17. The van der Waals surface area contributed by atoms with E-state index in [-0.39, 0.29) is 17.9 Å². The number of hydrogen-bond acceptors (Lipinski definition) is 4. The predicted molar refractivity (Wildman–Crippen MR) is 82.5 cm³/mol. The molecule has 0 spiro atoms. The maximum Gasteiger partial charge on any atom is 0.100 e. The maximum absolute atomic E-state index is 10.9. The summed E-state index contributed by atoms with van der Waals surface area (Å²) in [4.78, 5) is 0. The minimum Gasteiger partial charge on any atom is -0.390 e. The van der Waals surface area contributed by atoms with Crippen LogP contribution in [0.25, 0.3) is 0 Å². The number of rotatable bonds is 5. The number of allylic oxidation sites excluding steroid dienone is 1. The highest BCUT2D eigenvalue weighted by Crippen LogP contribution is 2.54. The second-order valence-electron chi connectivity index (χ2n) is 6.83. The molecule has 0 radical (unpaired) electrons. The molecule has 1 aliphatic heterocycles. The van der Waals surface area contributed by atoms with Crippen LogP contribution in [0.15, 0.2) is 11.6 Å². The number of alkyl halides is 1. The highest BCUT2D eigenvalue weighted by Gasteiger charge is 2.66. The summed E-state index contributed by atoms with van der Waals surface area (Å²) >= 11 is 6.04. The Morgan fingerprint density at radius 3 is 2.67 bits per heavy atom. The largest absolute Gasteiger partial charge is 0.390 e. The first-order chi connectivity index (χ1) is 9.78. The lowest BCUT2D eigenvalue weighted by Crippen LogP contribution is -2.60. The Morgan fingerprint density at radius 2 is 2.14 bits per heavy atom. The van der Waals surface area contributed by atoms with Crippen LogP contribution in [-0.4, -0.2) is 52.7 Å². The van der Waals surface area contributed by atoms with Crippen molar-refractivity contribution in [1.82, 2.24) is 0 Å². The first-order valence-corrected chi connectivity index (χ1v) is 8.12. The number of epoxide rings is 1. The van der Waals surface area contributed by atoms with Gasteiger partial charge in [-0.3, -0.25) is 0 Å². The van der Waals surface area contributed by atoms with Gasteiger partial charge < -0.3 is 19.7 Å². The van der Waals surface area contributed by atoms with Crippen LogP contribution in [-0.2, 0) is 9.47 Å². The molecule has 1 saturated heterocycles. The summed E-state index contributed by atoms with van der Waals surface area (Å²) in [6.07, 6.45) is 2.90. The van der Waals surface area contributed by atoms with E-state index in [0.717, 1.165) is 6.42 Å². The van der Waals surface area contributed by atoms with E-state index in [4.69, 9.17) is 21.1 Å². The Kier molecular flexibility index (Phi) is 5.06. The lowest BCUT2D eigenvalue weighted by atomic mass is 9.66. The normalized spacial score (nSPS) is 46.2. The van der Waals surface area contributed by atoms with E-state index in [2.05, 4.69) is 19.9 Å². The van der Waals surface area contributed by atoms with Crippen molar-refractivity contribution in [2.45, 2.75) is 69.5 Å². The summed E-state index contributed by atoms with van der Waals surface area (Å²) in [5, 5.41) is 21.1. The van der Waals surface area contributed by atoms with E-state index < -0.39 is 23.4 Å². The number of aliphatic hydroxyl groups excluding tert-OH is 1. The third-order valence-electron chi connectivity index (χ3n) is 5.00. The molecular formula is C16H27ClO4. The van der Waals surface area contributed by atoms with Crippen LogP contribution < -0.4 is 0 Å². The zero-order chi connectivity index (χ0) is 15.8. The van der Waals surface area contributed by atoms with E-state index in [1.54, 1.807) is 7.11 Å². The average Bonchev–Trinajstić information content (AvgIpc) is 3.10. The van der Waals surface area contributed by atoms with Gasteiger partial charge in [0.2, 0.25) is 0 Å². The lowest BCUT2D eigenvalue weighted by molar-refractivity contribution is -0.170. The van der Waals surface area contributed by atoms with E-state index in [9.17, 15) is 10.2 Å². The minimum absolute atomic E-state index is 0.0371. The smallest absolute Gasteiger partial charge is 0.100 e. The van der Waals surface area contributed by atoms with Crippen LogP contribution in [0.1, 0.15) is 40.0 Å². The topological polar surface area (TPSA) is 62.2 Å². The molecule has 5 heteroatoms. The Balaban J connectivity index is 2.22. The van der Waals surface area contributed by atoms with E-state index in [1.165, 1.54) is 5.57 Å². The van der Waals surface area contributed by atoms with Gasteiger partial charge in [0.05, 0.1) is 29.8 Å². The molecule has 0 amide bonds. The Morgan fingerprint density at radius 1 is 1.48 bits per heavy atom. The van der Waals surface area contributed by atoms with Crippen LogP contribution in [0.4, 0.5) is 0 Å². The predicted octanol–water partition coefficient (Wildman–Crippen LogP) is 2.26. The summed E-state index contributed by atoms with van der Waals surface area (Å²) in [6.45, 7) is 6.09. The number of methoxy groups -OCH3 is 1. The molecular weight excluding hydrogens is 292 g/mol.